The van der Waals surface area contributed by atoms with Crippen LogP contribution in [0.15, 0.2) is 72.3 Å². The molecule has 1 fully saturated rings. The highest BCUT2D eigenvalue weighted by Crippen LogP contribution is 2.43. The van der Waals surface area contributed by atoms with Crippen LogP contribution in [0.25, 0.3) is 5.76 Å². The van der Waals surface area contributed by atoms with Crippen LogP contribution in [0.2, 0.25) is 10.0 Å². The number of ketones is 1. The molecule has 3 aromatic carbocycles. The van der Waals surface area contributed by atoms with Crippen molar-refractivity contribution in [2.75, 3.05) is 4.90 Å². The third-order valence-electron chi connectivity index (χ3n) is 5.14. The lowest BCUT2D eigenvalue weighted by molar-refractivity contribution is -0.132. The summed E-state index contributed by atoms with van der Waals surface area (Å²) in [5.74, 6) is -1.99. The van der Waals surface area contributed by atoms with Crippen LogP contribution in [0, 0.1) is 6.92 Å². The molecule has 0 bridgehead atoms. The van der Waals surface area contributed by atoms with Crippen LogP contribution in [0.5, 0.6) is 5.75 Å². The van der Waals surface area contributed by atoms with Crippen molar-refractivity contribution >= 4 is 46.3 Å². The third-order valence-corrected chi connectivity index (χ3v) is 5.88. The predicted octanol–water partition coefficient (Wildman–Crippen LogP) is 5.63. The molecule has 7 heteroatoms. The highest BCUT2D eigenvalue weighted by atomic mass is 35.5. The SMILES string of the molecule is Cc1ccc(/C(O)=C2\C(=O)C(=O)N(c3ccc(Cl)c(Cl)c3)C2c2cccc(O)c2)cc1. The molecule has 3 aromatic rings. The predicted molar refractivity (Wildman–Crippen MR) is 121 cm³/mol. The first kappa shape index (κ1) is 21.0. The number of anilines is 1. The van der Waals surface area contributed by atoms with Crippen LogP contribution in [0.1, 0.15) is 22.7 Å². The number of aromatic hydroxyl groups is 1. The topological polar surface area (TPSA) is 77.8 Å². The summed E-state index contributed by atoms with van der Waals surface area (Å²) in [6.07, 6.45) is 0. The molecule has 5 nitrogen and oxygen atoms in total. The standard InChI is InChI=1S/C24H17Cl2NO4/c1-13-5-7-14(8-6-13)22(29)20-21(15-3-2-4-17(28)11-15)27(24(31)23(20)30)16-9-10-18(25)19(26)12-16/h2-12,21,28-29H,1H3/b22-20+. The van der Waals surface area contributed by atoms with Crippen LogP contribution < -0.4 is 4.90 Å². The van der Waals surface area contributed by atoms with Gasteiger partial charge in [0.15, 0.2) is 0 Å². The number of carbonyl (C=O) groups excluding carboxylic acids is 2. The summed E-state index contributed by atoms with van der Waals surface area (Å²) in [6, 6.07) is 16.8. The Hall–Kier alpha value is -3.28. The molecule has 0 radical (unpaired) electrons. The van der Waals surface area contributed by atoms with Gasteiger partial charge in [0.05, 0.1) is 21.7 Å². The molecular formula is C24H17Cl2NO4. The number of Topliss-reactive ketones (excluding diaryl/α,β-unsaturated/α-hetero) is 1. The van der Waals surface area contributed by atoms with Gasteiger partial charge in [-0.1, -0.05) is 65.2 Å². The number of phenolic OH excluding ortho intramolecular Hbond substituents is 1. The zero-order valence-corrected chi connectivity index (χ0v) is 17.9. The maximum Gasteiger partial charge on any atom is 0.300 e. The Morgan fingerprint density at radius 3 is 2.29 bits per heavy atom. The van der Waals surface area contributed by atoms with E-state index in [9.17, 15) is 19.8 Å². The van der Waals surface area contributed by atoms with Crippen molar-refractivity contribution in [2.45, 2.75) is 13.0 Å². The molecule has 1 amide bonds. The summed E-state index contributed by atoms with van der Waals surface area (Å²) in [6.45, 7) is 1.90. The fraction of sp³-hybridized carbons (Fsp3) is 0.0833. The van der Waals surface area contributed by atoms with Gasteiger partial charge in [0.1, 0.15) is 11.5 Å². The third kappa shape index (κ3) is 3.78. The number of nitrogens with zero attached hydrogens (tertiary/aromatic N) is 1. The van der Waals surface area contributed by atoms with Crippen LogP contribution in [0.4, 0.5) is 5.69 Å². The number of phenols is 1. The van der Waals surface area contributed by atoms with Gasteiger partial charge in [-0.05, 0) is 42.8 Å². The van der Waals surface area contributed by atoms with Gasteiger partial charge >= 0.3 is 0 Å². The lowest BCUT2D eigenvalue weighted by Gasteiger charge is -2.25. The van der Waals surface area contributed by atoms with Crippen molar-refractivity contribution in [1.82, 2.24) is 0 Å². The molecular weight excluding hydrogens is 437 g/mol. The average molecular weight is 454 g/mol. The highest BCUT2D eigenvalue weighted by Gasteiger charge is 2.47. The fourth-order valence-electron chi connectivity index (χ4n) is 3.61. The largest absolute Gasteiger partial charge is 0.508 e. The molecule has 1 aliphatic rings. The number of aryl methyl sites for hydroxylation is 1. The van der Waals surface area contributed by atoms with E-state index in [0.29, 0.717) is 21.8 Å². The molecule has 0 spiro atoms. The van der Waals surface area contributed by atoms with Gasteiger partial charge in [0.25, 0.3) is 11.7 Å². The molecule has 1 aliphatic heterocycles. The van der Waals surface area contributed by atoms with E-state index in [0.717, 1.165) is 5.56 Å². The molecule has 2 N–H and O–H groups in total. The first-order valence-corrected chi connectivity index (χ1v) is 10.2. The smallest absolute Gasteiger partial charge is 0.300 e. The van der Waals surface area contributed by atoms with Gasteiger partial charge in [-0.25, -0.2) is 0 Å². The molecule has 1 atom stereocenters. The molecule has 4 rings (SSSR count). The molecule has 1 saturated heterocycles. The monoisotopic (exact) mass is 453 g/mol. The second kappa shape index (κ2) is 8.10. The van der Waals surface area contributed by atoms with E-state index in [1.807, 2.05) is 6.92 Å². The van der Waals surface area contributed by atoms with E-state index in [2.05, 4.69) is 0 Å². The molecule has 156 valence electrons. The first-order valence-electron chi connectivity index (χ1n) is 9.40. The van der Waals surface area contributed by atoms with E-state index >= 15 is 0 Å². The Labute approximate surface area is 188 Å². The summed E-state index contributed by atoms with van der Waals surface area (Å²) < 4.78 is 0. The molecule has 0 aliphatic carbocycles. The van der Waals surface area contributed by atoms with Crippen molar-refractivity contribution in [3.05, 3.63) is 99.0 Å². The number of rotatable bonds is 3. The van der Waals surface area contributed by atoms with Crippen molar-refractivity contribution in [1.29, 1.82) is 0 Å². The number of benzene rings is 3. The number of hydrogen-bond acceptors (Lipinski definition) is 4. The van der Waals surface area contributed by atoms with Crippen LogP contribution in [-0.4, -0.2) is 21.9 Å². The second-order valence-corrected chi connectivity index (χ2v) is 8.04. The van der Waals surface area contributed by atoms with E-state index in [1.54, 1.807) is 42.5 Å². The second-order valence-electron chi connectivity index (χ2n) is 7.23. The van der Waals surface area contributed by atoms with Crippen molar-refractivity contribution in [3.8, 4) is 5.75 Å². The molecule has 0 aromatic heterocycles. The van der Waals surface area contributed by atoms with Gasteiger partial charge in [-0.3, -0.25) is 14.5 Å². The number of carbonyl (C=O) groups is 2. The van der Waals surface area contributed by atoms with Crippen molar-refractivity contribution in [3.63, 3.8) is 0 Å². The quantitative estimate of drug-likeness (QED) is 0.305. The van der Waals surface area contributed by atoms with Gasteiger partial charge in [0.2, 0.25) is 0 Å². The van der Waals surface area contributed by atoms with E-state index < -0.39 is 17.7 Å². The number of aliphatic hydroxyl groups excluding tert-OH is 1. The Morgan fingerprint density at radius 1 is 0.935 bits per heavy atom. The molecule has 31 heavy (non-hydrogen) atoms. The summed E-state index contributed by atoms with van der Waals surface area (Å²) in [4.78, 5) is 27.4. The zero-order chi connectivity index (χ0) is 22.3. The van der Waals surface area contributed by atoms with Crippen LogP contribution in [-0.2, 0) is 9.59 Å². The number of aliphatic hydroxyl groups is 1. The zero-order valence-electron chi connectivity index (χ0n) is 16.3. The Kier molecular flexibility index (Phi) is 5.48. The lowest BCUT2D eigenvalue weighted by atomic mass is 9.94. The van der Waals surface area contributed by atoms with Gasteiger partial charge in [0, 0.05) is 11.3 Å². The number of amides is 1. The number of halogens is 2. The van der Waals surface area contributed by atoms with Crippen LogP contribution >= 0.6 is 23.2 Å². The molecule has 1 unspecified atom stereocenters. The minimum Gasteiger partial charge on any atom is -0.508 e. The van der Waals surface area contributed by atoms with Crippen molar-refractivity contribution in [2.24, 2.45) is 0 Å². The molecule has 0 saturated carbocycles. The van der Waals surface area contributed by atoms with Gasteiger partial charge < -0.3 is 10.2 Å². The van der Waals surface area contributed by atoms with Crippen LogP contribution in [0.3, 0.4) is 0 Å². The highest BCUT2D eigenvalue weighted by molar-refractivity contribution is 6.52. The number of hydrogen-bond donors (Lipinski definition) is 2. The maximum atomic E-state index is 13.1. The summed E-state index contributed by atoms with van der Waals surface area (Å²) >= 11 is 12.2. The minimum absolute atomic E-state index is 0.0347. The first-order chi connectivity index (χ1) is 14.8. The minimum atomic E-state index is -0.967. The fourth-order valence-corrected chi connectivity index (χ4v) is 3.90. The van der Waals surface area contributed by atoms with Gasteiger partial charge in [-0.2, -0.15) is 0 Å². The van der Waals surface area contributed by atoms with Gasteiger partial charge in [-0.15, -0.1) is 0 Å². The normalized spacial score (nSPS) is 17.9. The average Bonchev–Trinajstić information content (AvgIpc) is 3.01. The Morgan fingerprint density at radius 2 is 1.65 bits per heavy atom. The Bertz CT molecular complexity index is 1230. The summed E-state index contributed by atoms with van der Waals surface area (Å²) in [5, 5.41) is 21.6. The van der Waals surface area contributed by atoms with E-state index in [1.165, 1.54) is 29.2 Å². The maximum absolute atomic E-state index is 13.1. The lowest BCUT2D eigenvalue weighted by Crippen LogP contribution is -2.29. The summed E-state index contributed by atoms with van der Waals surface area (Å²) in [7, 11) is 0. The van der Waals surface area contributed by atoms with E-state index in [-0.39, 0.29) is 22.1 Å². The molecule has 1 heterocycles. The Balaban J connectivity index is 1.96. The summed E-state index contributed by atoms with van der Waals surface area (Å²) in [5.41, 5.74) is 2.11. The van der Waals surface area contributed by atoms with Crippen molar-refractivity contribution < 1.29 is 19.8 Å². The van der Waals surface area contributed by atoms with E-state index in [4.69, 9.17) is 23.2 Å².